The molecule has 0 saturated carbocycles. The summed E-state index contributed by atoms with van der Waals surface area (Å²) in [7, 11) is 0. The van der Waals surface area contributed by atoms with Gasteiger partial charge in [0.25, 0.3) is 0 Å². The Morgan fingerprint density at radius 2 is 2.24 bits per heavy atom. The number of nitrogens with zero attached hydrogens (tertiary/aromatic N) is 1. The van der Waals surface area contributed by atoms with Gasteiger partial charge in [-0.2, -0.15) is 5.26 Å². The minimum Gasteiger partial charge on any atom is -0.338 e. The van der Waals surface area contributed by atoms with E-state index in [1.54, 1.807) is 0 Å². The Labute approximate surface area is 99.4 Å². The third-order valence-corrected chi connectivity index (χ3v) is 2.16. The molecule has 0 unspecified atom stereocenters. The predicted molar refractivity (Wildman–Crippen MR) is 61.6 cm³/mol. The van der Waals surface area contributed by atoms with Crippen molar-refractivity contribution in [1.82, 2.24) is 10.6 Å². The second-order valence-corrected chi connectivity index (χ2v) is 3.53. The zero-order valence-corrected chi connectivity index (χ0v) is 9.59. The van der Waals surface area contributed by atoms with Crippen molar-refractivity contribution in [3.8, 4) is 6.07 Å². The summed E-state index contributed by atoms with van der Waals surface area (Å²) in [5, 5.41) is 13.7. The van der Waals surface area contributed by atoms with Gasteiger partial charge in [0.05, 0.1) is 11.6 Å². The first kappa shape index (κ1) is 13.0. The third-order valence-electron chi connectivity index (χ3n) is 2.16. The molecule has 0 heterocycles. The lowest BCUT2D eigenvalue weighted by Gasteiger charge is -2.07. The van der Waals surface area contributed by atoms with Crippen LogP contribution in [-0.4, -0.2) is 12.6 Å². The molecule has 1 rings (SSSR count). The van der Waals surface area contributed by atoms with E-state index >= 15 is 0 Å². The molecule has 5 heteroatoms. The maximum atomic E-state index is 13.4. The van der Waals surface area contributed by atoms with Crippen LogP contribution in [0.25, 0.3) is 0 Å². The van der Waals surface area contributed by atoms with Gasteiger partial charge in [0.15, 0.2) is 0 Å². The molecule has 1 aromatic rings. The molecule has 0 radical (unpaired) electrons. The zero-order chi connectivity index (χ0) is 12.7. The molecular weight excluding hydrogens is 221 g/mol. The monoisotopic (exact) mass is 235 g/mol. The lowest BCUT2D eigenvalue weighted by atomic mass is 10.1. The summed E-state index contributed by atoms with van der Waals surface area (Å²) in [5.74, 6) is -0.486. The van der Waals surface area contributed by atoms with Crippen LogP contribution in [0, 0.1) is 17.1 Å². The molecule has 17 heavy (non-hydrogen) atoms. The number of nitriles is 1. The Balaban J connectivity index is 2.52. The molecule has 0 bridgehead atoms. The molecule has 0 aliphatic carbocycles. The first-order valence-corrected chi connectivity index (χ1v) is 5.37. The number of carbonyl (C=O) groups is 1. The Hall–Kier alpha value is -2.09. The molecule has 0 spiro atoms. The van der Waals surface area contributed by atoms with Crippen LogP contribution in [0.15, 0.2) is 18.2 Å². The largest absolute Gasteiger partial charge is 0.338 e. The highest BCUT2D eigenvalue weighted by Crippen LogP contribution is 2.09. The summed E-state index contributed by atoms with van der Waals surface area (Å²) in [6, 6.07) is 5.69. The number of nitrogens with one attached hydrogen (secondary N) is 2. The summed E-state index contributed by atoms with van der Waals surface area (Å²) in [6.07, 6.45) is 0.846. The lowest BCUT2D eigenvalue weighted by Crippen LogP contribution is -2.35. The van der Waals surface area contributed by atoms with E-state index < -0.39 is 5.82 Å². The fraction of sp³-hybridized carbons (Fsp3) is 0.333. The van der Waals surface area contributed by atoms with E-state index in [4.69, 9.17) is 5.26 Å². The number of hydrogen-bond donors (Lipinski definition) is 2. The predicted octanol–water partition coefficient (Wildman–Crippen LogP) is 1.91. The Morgan fingerprint density at radius 1 is 1.47 bits per heavy atom. The van der Waals surface area contributed by atoms with Gasteiger partial charge in [0, 0.05) is 18.7 Å². The van der Waals surface area contributed by atoms with Crippen molar-refractivity contribution >= 4 is 6.03 Å². The van der Waals surface area contributed by atoms with Crippen LogP contribution in [0.1, 0.15) is 24.5 Å². The fourth-order valence-electron chi connectivity index (χ4n) is 1.24. The molecule has 0 saturated heterocycles. The van der Waals surface area contributed by atoms with Crippen molar-refractivity contribution in [2.75, 3.05) is 6.54 Å². The van der Waals surface area contributed by atoms with Gasteiger partial charge in [0.1, 0.15) is 5.82 Å². The number of rotatable bonds is 4. The first-order valence-electron chi connectivity index (χ1n) is 5.37. The van der Waals surface area contributed by atoms with Crippen LogP contribution >= 0.6 is 0 Å². The van der Waals surface area contributed by atoms with Crippen molar-refractivity contribution in [2.45, 2.75) is 19.9 Å². The van der Waals surface area contributed by atoms with E-state index in [-0.39, 0.29) is 18.1 Å². The van der Waals surface area contributed by atoms with E-state index in [1.807, 2.05) is 13.0 Å². The fourth-order valence-corrected chi connectivity index (χ4v) is 1.24. The van der Waals surface area contributed by atoms with Crippen molar-refractivity contribution in [2.24, 2.45) is 0 Å². The molecule has 90 valence electrons. The number of hydrogen-bond acceptors (Lipinski definition) is 2. The topological polar surface area (TPSA) is 64.9 Å². The highest BCUT2D eigenvalue weighted by atomic mass is 19.1. The number of carbonyl (C=O) groups excluding carboxylic acids is 1. The molecule has 0 atom stereocenters. The average molecular weight is 235 g/mol. The van der Waals surface area contributed by atoms with E-state index in [1.165, 1.54) is 12.1 Å². The maximum absolute atomic E-state index is 13.4. The third kappa shape index (κ3) is 4.11. The normalized spacial score (nSPS) is 9.47. The zero-order valence-electron chi connectivity index (χ0n) is 9.59. The van der Waals surface area contributed by atoms with Crippen molar-refractivity contribution < 1.29 is 9.18 Å². The lowest BCUT2D eigenvalue weighted by molar-refractivity contribution is 0.240. The van der Waals surface area contributed by atoms with Crippen molar-refractivity contribution in [3.05, 3.63) is 35.1 Å². The summed E-state index contributed by atoms with van der Waals surface area (Å²) in [4.78, 5) is 11.2. The SMILES string of the molecule is CCCNC(=O)NCc1ccc(C#N)cc1F. The van der Waals surface area contributed by atoms with E-state index in [0.29, 0.717) is 12.1 Å². The molecule has 1 aromatic carbocycles. The first-order chi connectivity index (χ1) is 8.17. The van der Waals surface area contributed by atoms with E-state index in [2.05, 4.69) is 10.6 Å². The smallest absolute Gasteiger partial charge is 0.315 e. The van der Waals surface area contributed by atoms with Crippen LogP contribution in [0.4, 0.5) is 9.18 Å². The average Bonchev–Trinajstić information content (AvgIpc) is 2.34. The second-order valence-electron chi connectivity index (χ2n) is 3.53. The van der Waals surface area contributed by atoms with Gasteiger partial charge in [0.2, 0.25) is 0 Å². The van der Waals surface area contributed by atoms with Crippen LogP contribution in [0.3, 0.4) is 0 Å². The molecule has 0 aliphatic rings. The Morgan fingerprint density at radius 3 is 2.82 bits per heavy atom. The van der Waals surface area contributed by atoms with Gasteiger partial charge in [-0.15, -0.1) is 0 Å². The van der Waals surface area contributed by atoms with Crippen molar-refractivity contribution in [1.29, 1.82) is 5.26 Å². The maximum Gasteiger partial charge on any atom is 0.315 e. The number of halogens is 1. The van der Waals surface area contributed by atoms with Gasteiger partial charge in [-0.05, 0) is 18.6 Å². The number of amides is 2. The van der Waals surface area contributed by atoms with Crippen LogP contribution in [0.5, 0.6) is 0 Å². The van der Waals surface area contributed by atoms with Gasteiger partial charge >= 0.3 is 6.03 Å². The summed E-state index contributed by atoms with van der Waals surface area (Å²) >= 11 is 0. The van der Waals surface area contributed by atoms with Gasteiger partial charge in [-0.3, -0.25) is 0 Å². The highest BCUT2D eigenvalue weighted by molar-refractivity contribution is 5.73. The molecule has 0 aromatic heterocycles. The molecule has 2 N–H and O–H groups in total. The molecule has 0 fully saturated rings. The summed E-state index contributed by atoms with van der Waals surface area (Å²) in [6.45, 7) is 2.63. The molecule has 2 amide bonds. The number of urea groups is 1. The van der Waals surface area contributed by atoms with Crippen molar-refractivity contribution in [3.63, 3.8) is 0 Å². The molecule has 0 aliphatic heterocycles. The van der Waals surface area contributed by atoms with Gasteiger partial charge < -0.3 is 10.6 Å². The van der Waals surface area contributed by atoms with E-state index in [0.717, 1.165) is 12.5 Å². The highest BCUT2D eigenvalue weighted by Gasteiger charge is 2.05. The van der Waals surface area contributed by atoms with Gasteiger partial charge in [-0.25, -0.2) is 9.18 Å². The van der Waals surface area contributed by atoms with Crippen LogP contribution in [-0.2, 0) is 6.54 Å². The minimum absolute atomic E-state index is 0.104. The number of benzene rings is 1. The van der Waals surface area contributed by atoms with Gasteiger partial charge in [-0.1, -0.05) is 13.0 Å². The quantitative estimate of drug-likeness (QED) is 0.837. The second kappa shape index (κ2) is 6.48. The Kier molecular flexibility index (Phi) is 4.95. The summed E-state index contributed by atoms with van der Waals surface area (Å²) in [5.41, 5.74) is 0.623. The van der Waals surface area contributed by atoms with E-state index in [9.17, 15) is 9.18 Å². The van der Waals surface area contributed by atoms with Crippen LogP contribution in [0.2, 0.25) is 0 Å². The molecular formula is C12H14FN3O. The summed E-state index contributed by atoms with van der Waals surface area (Å²) < 4.78 is 13.4. The Bertz CT molecular complexity index is 440. The molecule has 4 nitrogen and oxygen atoms in total. The minimum atomic E-state index is -0.486. The van der Waals surface area contributed by atoms with Crippen LogP contribution < -0.4 is 10.6 Å². The standard InChI is InChI=1S/C12H14FN3O/c1-2-5-15-12(17)16-8-10-4-3-9(7-14)6-11(10)13/h3-4,6H,2,5,8H2,1H3,(H2,15,16,17).